The van der Waals surface area contributed by atoms with Crippen molar-refractivity contribution in [1.29, 1.82) is 5.26 Å². The third-order valence-electron chi connectivity index (χ3n) is 2.10. The first kappa shape index (κ1) is 14.9. The number of methoxy groups -OCH3 is 1. The minimum Gasteiger partial charge on any atom is -0.505 e. The van der Waals surface area contributed by atoms with Crippen molar-refractivity contribution in [3.63, 3.8) is 0 Å². The van der Waals surface area contributed by atoms with E-state index in [0.29, 0.717) is 0 Å². The molecule has 0 fully saturated rings. The van der Waals surface area contributed by atoms with E-state index in [4.69, 9.17) is 5.26 Å². The average Bonchev–Trinajstić information content (AvgIpc) is 2.36. The van der Waals surface area contributed by atoms with Gasteiger partial charge in [-0.1, -0.05) is 0 Å². The molecule has 1 rings (SSSR count). The number of phenolic OH excluding ortho intramolecular Hbond substituents is 1. The van der Waals surface area contributed by atoms with Gasteiger partial charge in [-0.15, -0.1) is 0 Å². The van der Waals surface area contributed by atoms with E-state index in [-0.39, 0.29) is 10.2 Å². The average molecular weight is 331 g/mol. The number of carbonyl (C=O) groups is 2. The van der Waals surface area contributed by atoms with E-state index in [1.807, 2.05) is 0 Å². The van der Waals surface area contributed by atoms with E-state index in [1.54, 1.807) is 6.07 Å². The smallest absolute Gasteiger partial charge is 0.344 e. The molecule has 19 heavy (non-hydrogen) atoms. The Bertz CT molecular complexity index is 583. The molecule has 0 atom stereocenters. The Balaban J connectivity index is 3.29. The molecule has 6 nitrogen and oxygen atoms in total. The lowest BCUT2D eigenvalue weighted by Crippen LogP contribution is -2.13. The summed E-state index contributed by atoms with van der Waals surface area (Å²) in [4.78, 5) is 22.6. The molecule has 100 valence electrons. The highest BCUT2D eigenvalue weighted by Crippen LogP contribution is 2.35. The Labute approximate surface area is 115 Å². The number of amides is 1. The zero-order valence-corrected chi connectivity index (χ0v) is 11.2. The van der Waals surface area contributed by atoms with Crippen LogP contribution < -0.4 is 5.32 Å². The van der Waals surface area contributed by atoms with Crippen LogP contribution in [0.4, 0.5) is 10.1 Å². The summed E-state index contributed by atoms with van der Waals surface area (Å²) < 4.78 is 17.9. The number of phenols is 1. The van der Waals surface area contributed by atoms with Gasteiger partial charge >= 0.3 is 5.97 Å². The lowest BCUT2D eigenvalue weighted by Gasteiger charge is -2.11. The van der Waals surface area contributed by atoms with Gasteiger partial charge in [0.2, 0.25) is 5.91 Å². The normalized spacial score (nSPS) is 9.58. The summed E-state index contributed by atoms with van der Waals surface area (Å²) in [6, 6.07) is 2.69. The van der Waals surface area contributed by atoms with Crippen LogP contribution in [0.3, 0.4) is 0 Å². The highest BCUT2D eigenvalue weighted by atomic mass is 79.9. The zero-order valence-electron chi connectivity index (χ0n) is 9.66. The molecule has 0 spiro atoms. The van der Waals surface area contributed by atoms with E-state index < -0.39 is 35.4 Å². The number of hydrogen-bond acceptors (Lipinski definition) is 5. The van der Waals surface area contributed by atoms with Gasteiger partial charge in [-0.25, -0.2) is 9.18 Å². The van der Waals surface area contributed by atoms with Gasteiger partial charge in [-0.05, 0) is 22.0 Å². The van der Waals surface area contributed by atoms with E-state index >= 15 is 0 Å². The summed E-state index contributed by atoms with van der Waals surface area (Å²) in [5, 5.41) is 20.3. The van der Waals surface area contributed by atoms with Crippen LogP contribution in [0.2, 0.25) is 0 Å². The highest BCUT2D eigenvalue weighted by molar-refractivity contribution is 9.10. The number of nitrogens with one attached hydrogen (secondary N) is 1. The maximum Gasteiger partial charge on any atom is 0.344 e. The molecular weight excluding hydrogens is 323 g/mol. The number of halogens is 2. The van der Waals surface area contributed by atoms with Crippen LogP contribution in [-0.2, 0) is 9.53 Å². The molecule has 0 radical (unpaired) electrons. The first-order chi connectivity index (χ1) is 8.92. The van der Waals surface area contributed by atoms with Crippen LogP contribution in [0.5, 0.6) is 5.75 Å². The minimum atomic E-state index is -1.09. The molecule has 0 saturated carbocycles. The number of aromatic hydroxyl groups is 1. The molecule has 0 aliphatic rings. The van der Waals surface area contributed by atoms with Crippen LogP contribution >= 0.6 is 15.9 Å². The first-order valence-corrected chi connectivity index (χ1v) is 5.67. The Morgan fingerprint density at radius 3 is 2.79 bits per heavy atom. The number of esters is 1. The fraction of sp³-hybridized carbons (Fsp3) is 0.182. The summed E-state index contributed by atoms with van der Waals surface area (Å²) in [7, 11) is 1.02. The third kappa shape index (κ3) is 3.20. The Morgan fingerprint density at radius 1 is 1.63 bits per heavy atom. The predicted molar refractivity (Wildman–Crippen MR) is 66.0 cm³/mol. The maximum absolute atomic E-state index is 13.7. The lowest BCUT2D eigenvalue weighted by atomic mass is 10.1. The number of benzene rings is 1. The number of nitrogens with zero attached hydrogens (tertiary/aromatic N) is 1. The van der Waals surface area contributed by atoms with Gasteiger partial charge in [0.15, 0.2) is 11.6 Å². The Morgan fingerprint density at radius 2 is 2.26 bits per heavy atom. The molecule has 1 aromatic rings. The zero-order chi connectivity index (χ0) is 14.6. The molecule has 0 unspecified atom stereocenters. The quantitative estimate of drug-likeness (QED) is 0.651. The Hall–Kier alpha value is -2.14. The molecule has 0 saturated heterocycles. The van der Waals surface area contributed by atoms with Crippen LogP contribution in [0.15, 0.2) is 10.5 Å². The summed E-state index contributed by atoms with van der Waals surface area (Å²) in [5.74, 6) is -3.57. The van der Waals surface area contributed by atoms with Crippen molar-refractivity contribution >= 4 is 33.5 Å². The second-order valence-electron chi connectivity index (χ2n) is 3.32. The topological polar surface area (TPSA) is 99.4 Å². The molecule has 0 aliphatic heterocycles. The van der Waals surface area contributed by atoms with Crippen molar-refractivity contribution in [3.05, 3.63) is 21.9 Å². The van der Waals surface area contributed by atoms with Crippen molar-refractivity contribution in [3.8, 4) is 11.8 Å². The molecule has 1 amide bonds. The molecule has 2 N–H and O–H groups in total. The van der Waals surface area contributed by atoms with Crippen LogP contribution in [0, 0.1) is 17.1 Å². The predicted octanol–water partition coefficient (Wildman–Crippen LogP) is 1.93. The standard InChI is InChI=1S/C11H8BrFN2O4/c1-19-11(18)8-9(13)5(12)4-6(10(8)17)15-7(16)2-3-14/h4,17H,2H2,1H3,(H,15,16). The number of hydrogen-bond donors (Lipinski definition) is 2. The maximum atomic E-state index is 13.7. The number of anilines is 1. The number of nitriles is 1. The molecule has 0 aliphatic carbocycles. The van der Waals surface area contributed by atoms with Crippen molar-refractivity contribution in [1.82, 2.24) is 0 Å². The van der Waals surface area contributed by atoms with Gasteiger partial charge in [0.05, 0.1) is 23.3 Å². The third-order valence-corrected chi connectivity index (χ3v) is 2.67. The number of ether oxygens (including phenoxy) is 1. The summed E-state index contributed by atoms with van der Waals surface area (Å²) in [5.41, 5.74) is -0.905. The van der Waals surface area contributed by atoms with E-state index in [0.717, 1.165) is 13.2 Å². The van der Waals surface area contributed by atoms with Crippen LogP contribution in [0.1, 0.15) is 16.8 Å². The van der Waals surface area contributed by atoms with Crippen LogP contribution in [-0.4, -0.2) is 24.1 Å². The molecular formula is C11H8BrFN2O4. The van der Waals surface area contributed by atoms with Crippen molar-refractivity contribution in [2.24, 2.45) is 0 Å². The van der Waals surface area contributed by atoms with Crippen molar-refractivity contribution in [2.75, 3.05) is 12.4 Å². The summed E-state index contributed by atoms with van der Waals surface area (Å²) >= 11 is 2.85. The number of rotatable bonds is 3. The van der Waals surface area contributed by atoms with Gasteiger partial charge in [-0.3, -0.25) is 4.79 Å². The van der Waals surface area contributed by atoms with Gasteiger partial charge in [0.1, 0.15) is 12.0 Å². The van der Waals surface area contributed by atoms with Gasteiger partial charge < -0.3 is 15.2 Å². The summed E-state index contributed by atoms with van der Waals surface area (Å²) in [6.45, 7) is 0. The first-order valence-electron chi connectivity index (χ1n) is 4.88. The molecule has 0 heterocycles. The second-order valence-corrected chi connectivity index (χ2v) is 4.17. The van der Waals surface area contributed by atoms with Crippen molar-refractivity contribution in [2.45, 2.75) is 6.42 Å². The SMILES string of the molecule is COC(=O)c1c(O)c(NC(=O)CC#N)cc(Br)c1F. The minimum absolute atomic E-state index is 0.141. The molecule has 0 aromatic heterocycles. The fourth-order valence-electron chi connectivity index (χ4n) is 1.27. The van der Waals surface area contributed by atoms with Gasteiger partial charge in [0, 0.05) is 0 Å². The summed E-state index contributed by atoms with van der Waals surface area (Å²) in [6.07, 6.45) is -0.442. The lowest BCUT2D eigenvalue weighted by molar-refractivity contribution is -0.115. The van der Waals surface area contributed by atoms with Crippen LogP contribution in [0.25, 0.3) is 0 Å². The Kier molecular flexibility index (Phi) is 4.83. The largest absolute Gasteiger partial charge is 0.505 e. The molecule has 1 aromatic carbocycles. The molecule has 8 heteroatoms. The number of carbonyl (C=O) groups excluding carboxylic acids is 2. The van der Waals surface area contributed by atoms with Crippen molar-refractivity contribution < 1.29 is 23.8 Å². The second kappa shape index (κ2) is 6.15. The van der Waals surface area contributed by atoms with E-state index in [9.17, 15) is 19.1 Å². The van der Waals surface area contributed by atoms with Gasteiger partial charge in [0.25, 0.3) is 0 Å². The monoisotopic (exact) mass is 330 g/mol. The van der Waals surface area contributed by atoms with E-state index in [1.165, 1.54) is 0 Å². The fourth-order valence-corrected chi connectivity index (χ4v) is 1.69. The van der Waals surface area contributed by atoms with E-state index in [2.05, 4.69) is 26.0 Å². The highest BCUT2D eigenvalue weighted by Gasteiger charge is 2.24. The van der Waals surface area contributed by atoms with Gasteiger partial charge in [-0.2, -0.15) is 5.26 Å². The molecule has 0 bridgehead atoms.